The Bertz CT molecular complexity index is 234. The number of carbonyl (C=O) groups excluding carboxylic acids is 1. The van der Waals surface area contributed by atoms with E-state index in [0.29, 0.717) is 18.1 Å². The number of allylic oxidation sites excluding steroid dienone is 1. The minimum atomic E-state index is 0.344. The van der Waals surface area contributed by atoms with E-state index >= 15 is 0 Å². The highest BCUT2D eigenvalue weighted by molar-refractivity contribution is 5.83. The predicted octanol–water partition coefficient (Wildman–Crippen LogP) is 4.52. The molecule has 1 rings (SSSR count). The maximum atomic E-state index is 12.0. The topological polar surface area (TPSA) is 17.1 Å². The van der Waals surface area contributed by atoms with Crippen LogP contribution >= 0.6 is 0 Å². The Balaban J connectivity index is 2.30. The molecule has 92 valence electrons. The molecule has 1 aliphatic carbocycles. The van der Waals surface area contributed by atoms with Gasteiger partial charge in [-0.1, -0.05) is 38.8 Å². The van der Waals surface area contributed by atoms with Gasteiger partial charge in [0.1, 0.15) is 5.78 Å². The van der Waals surface area contributed by atoms with Crippen molar-refractivity contribution in [3.8, 4) is 0 Å². The third kappa shape index (κ3) is 4.11. The first kappa shape index (κ1) is 13.5. The summed E-state index contributed by atoms with van der Waals surface area (Å²) in [6.07, 6.45) is 8.99. The number of hydrogen-bond acceptors (Lipinski definition) is 1. The van der Waals surface area contributed by atoms with Gasteiger partial charge in [-0.15, -0.1) is 0 Å². The standard InChI is InChI=1S/C15H26O/c1-4-6-13-7-9-14(10-8-13)15(16)11-12(3)5-2/h13-14H,3-11H2,1-2H3. The second-order valence-corrected chi connectivity index (χ2v) is 5.25. The van der Waals surface area contributed by atoms with Crippen LogP contribution in [0.5, 0.6) is 0 Å². The Hall–Kier alpha value is -0.590. The molecular weight excluding hydrogens is 196 g/mol. The average Bonchev–Trinajstić information content (AvgIpc) is 2.30. The summed E-state index contributed by atoms with van der Waals surface area (Å²) in [6.45, 7) is 8.26. The van der Waals surface area contributed by atoms with Crippen molar-refractivity contribution in [2.24, 2.45) is 11.8 Å². The molecule has 0 aliphatic heterocycles. The first-order chi connectivity index (χ1) is 7.67. The molecule has 1 nitrogen and oxygen atoms in total. The lowest BCUT2D eigenvalue weighted by atomic mass is 9.77. The molecule has 1 fully saturated rings. The Morgan fingerprint density at radius 2 is 1.81 bits per heavy atom. The second-order valence-electron chi connectivity index (χ2n) is 5.25. The Morgan fingerprint density at radius 3 is 2.31 bits per heavy atom. The minimum Gasteiger partial charge on any atom is -0.299 e. The summed E-state index contributed by atoms with van der Waals surface area (Å²) in [5.74, 6) is 1.68. The highest BCUT2D eigenvalue weighted by Crippen LogP contribution is 2.32. The van der Waals surface area contributed by atoms with Crippen LogP contribution in [0, 0.1) is 11.8 Å². The van der Waals surface area contributed by atoms with Gasteiger partial charge in [-0.2, -0.15) is 0 Å². The zero-order chi connectivity index (χ0) is 12.0. The van der Waals surface area contributed by atoms with Crippen LogP contribution in [0.2, 0.25) is 0 Å². The second kappa shape index (κ2) is 6.88. The highest BCUT2D eigenvalue weighted by atomic mass is 16.1. The third-order valence-electron chi connectivity index (χ3n) is 3.92. The number of rotatable bonds is 6. The van der Waals surface area contributed by atoms with Gasteiger partial charge in [-0.3, -0.25) is 4.79 Å². The molecule has 0 radical (unpaired) electrons. The molecule has 16 heavy (non-hydrogen) atoms. The first-order valence-corrected chi connectivity index (χ1v) is 6.86. The minimum absolute atomic E-state index is 0.344. The van der Waals surface area contributed by atoms with E-state index in [4.69, 9.17) is 0 Å². The molecule has 0 spiro atoms. The summed E-state index contributed by atoms with van der Waals surface area (Å²) in [7, 11) is 0. The van der Waals surface area contributed by atoms with E-state index in [0.717, 1.165) is 30.8 Å². The lowest BCUT2D eigenvalue weighted by molar-refractivity contribution is -0.123. The van der Waals surface area contributed by atoms with Crippen molar-refractivity contribution < 1.29 is 4.79 Å². The van der Waals surface area contributed by atoms with Crippen LogP contribution in [0.1, 0.15) is 65.2 Å². The summed E-state index contributed by atoms with van der Waals surface area (Å²) in [5.41, 5.74) is 1.10. The normalized spacial score (nSPS) is 25.4. The van der Waals surface area contributed by atoms with Gasteiger partial charge in [0.2, 0.25) is 0 Å². The fraction of sp³-hybridized carbons (Fsp3) is 0.800. The molecule has 1 aliphatic rings. The van der Waals surface area contributed by atoms with Crippen molar-refractivity contribution in [3.05, 3.63) is 12.2 Å². The van der Waals surface area contributed by atoms with E-state index in [1.165, 1.54) is 25.7 Å². The van der Waals surface area contributed by atoms with E-state index in [9.17, 15) is 4.79 Å². The van der Waals surface area contributed by atoms with Crippen LogP contribution in [0.15, 0.2) is 12.2 Å². The third-order valence-corrected chi connectivity index (χ3v) is 3.92. The highest BCUT2D eigenvalue weighted by Gasteiger charge is 2.25. The van der Waals surface area contributed by atoms with Crippen molar-refractivity contribution in [1.82, 2.24) is 0 Å². The summed E-state index contributed by atoms with van der Waals surface area (Å²) in [5, 5.41) is 0. The number of hydrogen-bond donors (Lipinski definition) is 0. The fourth-order valence-electron chi connectivity index (χ4n) is 2.70. The van der Waals surface area contributed by atoms with Crippen molar-refractivity contribution in [1.29, 1.82) is 0 Å². The molecule has 1 heteroatoms. The monoisotopic (exact) mass is 222 g/mol. The molecule has 0 heterocycles. The Morgan fingerprint density at radius 1 is 1.19 bits per heavy atom. The van der Waals surface area contributed by atoms with Gasteiger partial charge in [0.25, 0.3) is 0 Å². The van der Waals surface area contributed by atoms with Crippen molar-refractivity contribution >= 4 is 5.78 Å². The quantitative estimate of drug-likeness (QED) is 0.604. The van der Waals surface area contributed by atoms with Crippen molar-refractivity contribution in [3.63, 3.8) is 0 Å². The molecule has 0 atom stereocenters. The number of ketones is 1. The molecular formula is C15H26O. The number of carbonyl (C=O) groups is 1. The molecule has 0 aromatic rings. The molecule has 0 saturated heterocycles. The Kier molecular flexibility index (Phi) is 5.79. The van der Waals surface area contributed by atoms with E-state index < -0.39 is 0 Å². The van der Waals surface area contributed by atoms with E-state index in [2.05, 4.69) is 20.4 Å². The van der Waals surface area contributed by atoms with Gasteiger partial charge in [0.15, 0.2) is 0 Å². The lowest BCUT2D eigenvalue weighted by Crippen LogP contribution is -2.22. The van der Waals surface area contributed by atoms with E-state index in [1.807, 2.05) is 0 Å². The summed E-state index contributed by atoms with van der Waals surface area (Å²) >= 11 is 0. The largest absolute Gasteiger partial charge is 0.299 e. The van der Waals surface area contributed by atoms with Crippen LogP contribution < -0.4 is 0 Å². The summed E-state index contributed by atoms with van der Waals surface area (Å²) < 4.78 is 0. The zero-order valence-electron chi connectivity index (χ0n) is 10.9. The zero-order valence-corrected chi connectivity index (χ0v) is 10.9. The van der Waals surface area contributed by atoms with Gasteiger partial charge in [-0.25, -0.2) is 0 Å². The van der Waals surface area contributed by atoms with Gasteiger partial charge in [0.05, 0.1) is 0 Å². The van der Waals surface area contributed by atoms with Gasteiger partial charge in [0, 0.05) is 12.3 Å². The van der Waals surface area contributed by atoms with Crippen LogP contribution in [0.3, 0.4) is 0 Å². The average molecular weight is 222 g/mol. The van der Waals surface area contributed by atoms with E-state index in [1.54, 1.807) is 0 Å². The van der Waals surface area contributed by atoms with Gasteiger partial charge in [-0.05, 0) is 38.0 Å². The lowest BCUT2D eigenvalue weighted by Gasteiger charge is -2.27. The molecule has 0 bridgehead atoms. The number of Topliss-reactive ketones (excluding diaryl/α,β-unsaturated/α-hetero) is 1. The maximum absolute atomic E-state index is 12.0. The molecule has 0 aromatic carbocycles. The molecule has 0 unspecified atom stereocenters. The maximum Gasteiger partial charge on any atom is 0.139 e. The van der Waals surface area contributed by atoms with Gasteiger partial charge >= 0.3 is 0 Å². The van der Waals surface area contributed by atoms with Gasteiger partial charge < -0.3 is 0 Å². The Labute approximate surface area is 100 Å². The van der Waals surface area contributed by atoms with Crippen LogP contribution in [0.4, 0.5) is 0 Å². The predicted molar refractivity (Wildman–Crippen MR) is 69.4 cm³/mol. The molecule has 0 aromatic heterocycles. The van der Waals surface area contributed by atoms with Crippen LogP contribution in [0.25, 0.3) is 0 Å². The molecule has 1 saturated carbocycles. The first-order valence-electron chi connectivity index (χ1n) is 6.86. The molecule has 0 N–H and O–H groups in total. The van der Waals surface area contributed by atoms with Crippen LogP contribution in [-0.4, -0.2) is 5.78 Å². The summed E-state index contributed by atoms with van der Waals surface area (Å²) in [4.78, 5) is 12.0. The van der Waals surface area contributed by atoms with E-state index in [-0.39, 0.29) is 0 Å². The SMILES string of the molecule is C=C(CC)CC(=O)C1CCC(CCC)CC1. The fourth-order valence-corrected chi connectivity index (χ4v) is 2.70. The smallest absolute Gasteiger partial charge is 0.139 e. The van der Waals surface area contributed by atoms with Crippen molar-refractivity contribution in [2.45, 2.75) is 65.2 Å². The summed E-state index contributed by atoms with van der Waals surface area (Å²) in [6, 6.07) is 0. The van der Waals surface area contributed by atoms with Crippen LogP contribution in [-0.2, 0) is 4.79 Å². The van der Waals surface area contributed by atoms with Crippen molar-refractivity contribution in [2.75, 3.05) is 0 Å². The molecule has 0 amide bonds.